The summed E-state index contributed by atoms with van der Waals surface area (Å²) in [5, 5.41) is 8.66. The average Bonchev–Trinajstić information content (AvgIpc) is 1.88. The van der Waals surface area contributed by atoms with Crippen molar-refractivity contribution in [3.63, 3.8) is 0 Å². The summed E-state index contributed by atoms with van der Waals surface area (Å²) in [5.74, 6) is 0.429. The fraction of sp³-hybridized carbons (Fsp3) is 0.857. The van der Waals surface area contributed by atoms with Crippen LogP contribution in [0, 0.1) is 5.92 Å². The second-order valence-corrected chi connectivity index (χ2v) is 2.89. The molecule has 0 spiro atoms. The number of aliphatic hydroxyl groups excluding tert-OH is 1. The molecule has 0 saturated carbocycles. The van der Waals surface area contributed by atoms with Crippen LogP contribution in [0.25, 0.3) is 0 Å². The number of hydrogen-bond donors (Lipinski definition) is 1. The van der Waals surface area contributed by atoms with Crippen LogP contribution in [-0.2, 0) is 9.47 Å². The van der Waals surface area contributed by atoms with E-state index in [2.05, 4.69) is 0 Å². The molecular formula is C7H13O3. The van der Waals surface area contributed by atoms with Crippen LogP contribution < -0.4 is 0 Å². The van der Waals surface area contributed by atoms with E-state index >= 15 is 0 Å². The lowest BCUT2D eigenvalue weighted by Crippen LogP contribution is -2.39. The van der Waals surface area contributed by atoms with Crippen LogP contribution in [0.5, 0.6) is 0 Å². The Morgan fingerprint density at radius 1 is 1.40 bits per heavy atom. The first kappa shape index (κ1) is 7.98. The van der Waals surface area contributed by atoms with Gasteiger partial charge in [-0.15, -0.1) is 0 Å². The van der Waals surface area contributed by atoms with E-state index in [1.807, 2.05) is 13.8 Å². The Labute approximate surface area is 60.9 Å². The SMILES string of the molecule is CC1(C)OC[C](CO)CO1. The van der Waals surface area contributed by atoms with Gasteiger partial charge in [-0.25, -0.2) is 0 Å². The fourth-order valence-corrected chi connectivity index (χ4v) is 0.726. The molecule has 0 bridgehead atoms. The average molecular weight is 145 g/mol. The van der Waals surface area contributed by atoms with E-state index in [0.29, 0.717) is 13.2 Å². The Bertz CT molecular complexity index is 101. The predicted octanol–water partition coefficient (Wildman–Crippen LogP) is 0.336. The lowest BCUT2D eigenvalue weighted by Gasteiger charge is -2.33. The number of rotatable bonds is 1. The van der Waals surface area contributed by atoms with Gasteiger partial charge in [0.05, 0.1) is 25.7 Å². The first-order chi connectivity index (χ1) is 4.64. The molecule has 1 saturated heterocycles. The summed E-state index contributed by atoms with van der Waals surface area (Å²) in [6, 6.07) is 0. The van der Waals surface area contributed by atoms with Gasteiger partial charge in [0.2, 0.25) is 0 Å². The van der Waals surface area contributed by atoms with Gasteiger partial charge >= 0.3 is 0 Å². The molecule has 0 aromatic heterocycles. The molecule has 0 aromatic carbocycles. The van der Waals surface area contributed by atoms with E-state index < -0.39 is 5.79 Å². The van der Waals surface area contributed by atoms with Crippen molar-refractivity contribution in [2.24, 2.45) is 0 Å². The van der Waals surface area contributed by atoms with Crippen LogP contribution in [0.2, 0.25) is 0 Å². The van der Waals surface area contributed by atoms with Gasteiger partial charge in [0, 0.05) is 0 Å². The van der Waals surface area contributed by atoms with Gasteiger partial charge in [-0.3, -0.25) is 0 Å². The predicted molar refractivity (Wildman–Crippen MR) is 36.3 cm³/mol. The van der Waals surface area contributed by atoms with Crippen molar-refractivity contribution in [1.82, 2.24) is 0 Å². The van der Waals surface area contributed by atoms with Crippen LogP contribution in [0.4, 0.5) is 0 Å². The van der Waals surface area contributed by atoms with Gasteiger partial charge in [-0.2, -0.15) is 0 Å². The van der Waals surface area contributed by atoms with Gasteiger partial charge in [0.25, 0.3) is 0 Å². The molecule has 1 N–H and O–H groups in total. The lowest BCUT2D eigenvalue weighted by molar-refractivity contribution is -0.237. The molecule has 10 heavy (non-hydrogen) atoms. The van der Waals surface area contributed by atoms with Gasteiger partial charge in [0.1, 0.15) is 0 Å². The second kappa shape index (κ2) is 2.86. The lowest BCUT2D eigenvalue weighted by atomic mass is 10.1. The normalized spacial score (nSPS) is 26.7. The molecule has 1 radical (unpaired) electrons. The molecule has 1 rings (SSSR count). The molecule has 0 atom stereocenters. The number of aliphatic hydroxyl groups is 1. The molecule has 1 fully saturated rings. The van der Waals surface area contributed by atoms with Crippen LogP contribution in [-0.4, -0.2) is 30.7 Å². The van der Waals surface area contributed by atoms with Crippen molar-refractivity contribution in [2.75, 3.05) is 19.8 Å². The van der Waals surface area contributed by atoms with E-state index in [1.54, 1.807) is 0 Å². The van der Waals surface area contributed by atoms with Gasteiger partial charge in [-0.05, 0) is 13.8 Å². The van der Waals surface area contributed by atoms with E-state index in [4.69, 9.17) is 14.6 Å². The Balaban J connectivity index is 2.31. The van der Waals surface area contributed by atoms with Crippen molar-refractivity contribution in [1.29, 1.82) is 0 Å². The minimum absolute atomic E-state index is 0.0656. The van der Waals surface area contributed by atoms with Gasteiger partial charge < -0.3 is 14.6 Å². The van der Waals surface area contributed by atoms with Crippen molar-refractivity contribution in [2.45, 2.75) is 19.6 Å². The maximum Gasteiger partial charge on any atom is 0.162 e. The number of hydrogen-bond acceptors (Lipinski definition) is 3. The molecule has 1 aliphatic rings. The van der Waals surface area contributed by atoms with E-state index in [0.717, 1.165) is 5.92 Å². The van der Waals surface area contributed by atoms with Gasteiger partial charge in [-0.1, -0.05) is 0 Å². The molecule has 3 heteroatoms. The third-order valence-electron chi connectivity index (χ3n) is 1.47. The Kier molecular flexibility index (Phi) is 2.28. The maximum atomic E-state index is 8.66. The highest BCUT2D eigenvalue weighted by atomic mass is 16.7. The van der Waals surface area contributed by atoms with Crippen LogP contribution in [0.1, 0.15) is 13.8 Å². The summed E-state index contributed by atoms with van der Waals surface area (Å²) in [7, 11) is 0. The summed E-state index contributed by atoms with van der Waals surface area (Å²) in [6.07, 6.45) is 0. The van der Waals surface area contributed by atoms with E-state index in [1.165, 1.54) is 0 Å². The molecule has 0 amide bonds. The Morgan fingerprint density at radius 2 is 1.90 bits per heavy atom. The molecule has 1 heterocycles. The third kappa shape index (κ3) is 1.94. The molecular weight excluding hydrogens is 132 g/mol. The van der Waals surface area contributed by atoms with Crippen LogP contribution in [0.3, 0.4) is 0 Å². The van der Waals surface area contributed by atoms with Crippen molar-refractivity contribution >= 4 is 0 Å². The molecule has 1 aliphatic heterocycles. The smallest absolute Gasteiger partial charge is 0.162 e. The third-order valence-corrected chi connectivity index (χ3v) is 1.47. The monoisotopic (exact) mass is 145 g/mol. The van der Waals surface area contributed by atoms with Crippen LogP contribution in [0.15, 0.2) is 0 Å². The zero-order valence-electron chi connectivity index (χ0n) is 6.39. The van der Waals surface area contributed by atoms with E-state index in [-0.39, 0.29) is 6.61 Å². The molecule has 0 aliphatic carbocycles. The molecule has 59 valence electrons. The first-order valence-corrected chi connectivity index (χ1v) is 3.36. The number of ether oxygens (including phenoxy) is 2. The molecule has 0 aromatic rings. The summed E-state index contributed by atoms with van der Waals surface area (Å²) in [6.45, 7) is 4.82. The fourth-order valence-electron chi connectivity index (χ4n) is 0.726. The Hall–Kier alpha value is -0.120. The zero-order valence-corrected chi connectivity index (χ0v) is 6.39. The topological polar surface area (TPSA) is 38.7 Å². The minimum atomic E-state index is -0.474. The largest absolute Gasteiger partial charge is 0.396 e. The summed E-state index contributed by atoms with van der Waals surface area (Å²) in [5.41, 5.74) is 0. The standard InChI is InChI=1S/C7H13O3/c1-7(2)9-4-6(3-8)5-10-7/h8H,3-5H2,1-2H3. The quantitative estimate of drug-likeness (QED) is 0.578. The van der Waals surface area contributed by atoms with Gasteiger partial charge in [0.15, 0.2) is 5.79 Å². The van der Waals surface area contributed by atoms with Crippen molar-refractivity contribution < 1.29 is 14.6 Å². The maximum absolute atomic E-state index is 8.66. The summed E-state index contributed by atoms with van der Waals surface area (Å²) >= 11 is 0. The Morgan fingerprint density at radius 3 is 2.30 bits per heavy atom. The molecule has 0 unspecified atom stereocenters. The molecule has 3 nitrogen and oxygen atoms in total. The van der Waals surface area contributed by atoms with E-state index in [9.17, 15) is 0 Å². The highest BCUT2D eigenvalue weighted by molar-refractivity contribution is 4.92. The summed E-state index contributed by atoms with van der Waals surface area (Å²) in [4.78, 5) is 0. The minimum Gasteiger partial charge on any atom is -0.396 e. The second-order valence-electron chi connectivity index (χ2n) is 2.89. The van der Waals surface area contributed by atoms with Crippen molar-refractivity contribution in [3.8, 4) is 0 Å². The first-order valence-electron chi connectivity index (χ1n) is 3.36. The summed E-state index contributed by atoms with van der Waals surface area (Å²) < 4.78 is 10.5. The van der Waals surface area contributed by atoms with Crippen LogP contribution >= 0.6 is 0 Å². The highest BCUT2D eigenvalue weighted by Crippen LogP contribution is 2.20. The highest BCUT2D eigenvalue weighted by Gasteiger charge is 2.27. The zero-order chi connectivity index (χ0) is 7.61. The van der Waals surface area contributed by atoms with Crippen molar-refractivity contribution in [3.05, 3.63) is 5.92 Å².